The third-order valence-corrected chi connectivity index (χ3v) is 3.15. The fourth-order valence-electron chi connectivity index (χ4n) is 1.71. The van der Waals surface area contributed by atoms with Crippen LogP contribution in [0.25, 0.3) is 0 Å². The highest BCUT2D eigenvalue weighted by atomic mass is 16.5. The Bertz CT molecular complexity index is 395. The molecule has 4 heteroatoms. The van der Waals surface area contributed by atoms with E-state index < -0.39 is 17.5 Å². The van der Waals surface area contributed by atoms with E-state index in [4.69, 9.17) is 4.74 Å². The lowest BCUT2D eigenvalue weighted by atomic mass is 9.84. The molecule has 4 nitrogen and oxygen atoms in total. The van der Waals surface area contributed by atoms with Crippen molar-refractivity contribution < 1.29 is 19.4 Å². The lowest BCUT2D eigenvalue weighted by Gasteiger charge is -2.29. The van der Waals surface area contributed by atoms with E-state index in [-0.39, 0.29) is 0 Å². The summed E-state index contributed by atoms with van der Waals surface area (Å²) in [6.07, 6.45) is 0. The summed E-state index contributed by atoms with van der Waals surface area (Å²) in [5, 5.41) is 10.4. The lowest BCUT2D eigenvalue weighted by Crippen LogP contribution is -2.35. The number of rotatable bonds is 5. The average Bonchev–Trinajstić information content (AvgIpc) is 2.38. The van der Waals surface area contributed by atoms with Crippen LogP contribution in [0.4, 0.5) is 0 Å². The number of hydrogen-bond donors (Lipinski definition) is 1. The van der Waals surface area contributed by atoms with Crippen molar-refractivity contribution >= 4 is 5.97 Å². The van der Waals surface area contributed by atoms with Gasteiger partial charge in [-0.1, -0.05) is 12.1 Å². The van der Waals surface area contributed by atoms with Crippen molar-refractivity contribution in [3.8, 4) is 5.75 Å². The number of aliphatic hydroxyl groups is 1. The molecular formula is C14H20O4. The van der Waals surface area contributed by atoms with E-state index in [2.05, 4.69) is 4.74 Å². The predicted molar refractivity (Wildman–Crippen MR) is 68.4 cm³/mol. The van der Waals surface area contributed by atoms with Gasteiger partial charge in [0.2, 0.25) is 0 Å². The van der Waals surface area contributed by atoms with Gasteiger partial charge in [-0.25, -0.2) is 0 Å². The van der Waals surface area contributed by atoms with Crippen molar-refractivity contribution in [3.05, 3.63) is 29.8 Å². The largest absolute Gasteiger partial charge is 0.494 e. The quantitative estimate of drug-likeness (QED) is 0.815. The van der Waals surface area contributed by atoms with Crippen molar-refractivity contribution in [2.75, 3.05) is 13.7 Å². The first-order chi connectivity index (χ1) is 8.43. The minimum atomic E-state index is -1.27. The first kappa shape index (κ1) is 14.5. The Morgan fingerprint density at radius 1 is 1.39 bits per heavy atom. The molecular weight excluding hydrogens is 232 g/mol. The van der Waals surface area contributed by atoms with Gasteiger partial charge < -0.3 is 14.6 Å². The molecule has 1 N–H and O–H groups in total. The van der Waals surface area contributed by atoms with Crippen LogP contribution in [0.2, 0.25) is 0 Å². The van der Waals surface area contributed by atoms with Gasteiger partial charge in [0.05, 0.1) is 25.2 Å². The second kappa shape index (κ2) is 5.87. The second-order valence-corrected chi connectivity index (χ2v) is 4.35. The molecule has 0 aliphatic rings. The summed E-state index contributed by atoms with van der Waals surface area (Å²) in [5.41, 5.74) is -0.610. The normalized spacial score (nSPS) is 15.6. The van der Waals surface area contributed by atoms with Crippen LogP contribution in [-0.4, -0.2) is 24.8 Å². The molecule has 100 valence electrons. The molecule has 0 spiro atoms. The zero-order valence-electron chi connectivity index (χ0n) is 11.3. The Hall–Kier alpha value is -1.55. The van der Waals surface area contributed by atoms with Crippen molar-refractivity contribution in [2.24, 2.45) is 5.92 Å². The Morgan fingerprint density at radius 2 is 1.94 bits per heavy atom. The van der Waals surface area contributed by atoms with Gasteiger partial charge in [-0.2, -0.15) is 0 Å². The Labute approximate surface area is 108 Å². The molecule has 0 amide bonds. The fraction of sp³-hybridized carbons (Fsp3) is 0.500. The molecule has 1 rings (SSSR count). The molecule has 0 fully saturated rings. The van der Waals surface area contributed by atoms with Crippen LogP contribution in [0.5, 0.6) is 5.75 Å². The van der Waals surface area contributed by atoms with Crippen LogP contribution < -0.4 is 4.74 Å². The van der Waals surface area contributed by atoms with Crippen LogP contribution in [0.15, 0.2) is 24.3 Å². The number of esters is 1. The molecule has 1 aromatic carbocycles. The molecule has 0 saturated carbocycles. The standard InChI is InChI=1S/C14H20O4/c1-5-18-12-8-6-11(7-9-12)14(3,16)10(2)13(15)17-4/h6-10,16H,5H2,1-4H3. The van der Waals surface area contributed by atoms with Crippen LogP contribution in [0.1, 0.15) is 26.3 Å². The molecule has 0 bridgehead atoms. The molecule has 0 heterocycles. The topological polar surface area (TPSA) is 55.8 Å². The Kier molecular flexibility index (Phi) is 4.73. The maximum atomic E-state index is 11.5. The zero-order chi connectivity index (χ0) is 13.8. The molecule has 0 aromatic heterocycles. The van der Waals surface area contributed by atoms with Crippen LogP contribution in [-0.2, 0) is 15.1 Å². The Morgan fingerprint density at radius 3 is 2.39 bits per heavy atom. The third kappa shape index (κ3) is 3.01. The molecule has 1 aromatic rings. The van der Waals surface area contributed by atoms with E-state index in [1.54, 1.807) is 38.1 Å². The van der Waals surface area contributed by atoms with Crippen LogP contribution in [0, 0.1) is 5.92 Å². The summed E-state index contributed by atoms with van der Waals surface area (Å²) in [5.74, 6) is -0.336. The van der Waals surface area contributed by atoms with Crippen molar-refractivity contribution in [1.29, 1.82) is 0 Å². The predicted octanol–water partition coefficient (Wildman–Crippen LogP) is 2.10. The van der Waals surface area contributed by atoms with Gasteiger partial charge in [-0.3, -0.25) is 4.79 Å². The van der Waals surface area contributed by atoms with Crippen molar-refractivity contribution in [1.82, 2.24) is 0 Å². The SMILES string of the molecule is CCOc1ccc(C(C)(O)C(C)C(=O)OC)cc1. The number of benzene rings is 1. The minimum absolute atomic E-state index is 0.436. The highest BCUT2D eigenvalue weighted by Gasteiger charge is 2.36. The molecule has 18 heavy (non-hydrogen) atoms. The zero-order valence-corrected chi connectivity index (χ0v) is 11.3. The first-order valence-corrected chi connectivity index (χ1v) is 5.97. The Balaban J connectivity index is 2.93. The van der Waals surface area contributed by atoms with Gasteiger partial charge >= 0.3 is 5.97 Å². The highest BCUT2D eigenvalue weighted by molar-refractivity contribution is 5.73. The summed E-state index contributed by atoms with van der Waals surface area (Å²) in [7, 11) is 1.31. The van der Waals surface area contributed by atoms with Crippen LogP contribution >= 0.6 is 0 Å². The third-order valence-electron chi connectivity index (χ3n) is 3.15. The molecule has 0 aliphatic heterocycles. The van der Waals surface area contributed by atoms with Gasteiger partial charge in [-0.05, 0) is 38.5 Å². The summed E-state index contributed by atoms with van der Waals surface area (Å²) < 4.78 is 9.99. The van der Waals surface area contributed by atoms with E-state index in [9.17, 15) is 9.90 Å². The summed E-state index contributed by atoms with van der Waals surface area (Å²) in [6.45, 7) is 5.74. The molecule has 2 unspecified atom stereocenters. The van der Waals surface area contributed by atoms with Crippen molar-refractivity contribution in [3.63, 3.8) is 0 Å². The van der Waals surface area contributed by atoms with Crippen molar-refractivity contribution in [2.45, 2.75) is 26.4 Å². The molecule has 2 atom stereocenters. The van der Waals surface area contributed by atoms with Gasteiger partial charge in [0.15, 0.2) is 0 Å². The fourth-order valence-corrected chi connectivity index (χ4v) is 1.71. The molecule has 0 radical (unpaired) electrons. The van der Waals surface area contributed by atoms with E-state index in [1.807, 2.05) is 6.92 Å². The van der Waals surface area contributed by atoms with E-state index in [0.29, 0.717) is 12.2 Å². The first-order valence-electron chi connectivity index (χ1n) is 5.97. The van der Waals surface area contributed by atoms with E-state index in [0.717, 1.165) is 5.75 Å². The summed E-state index contributed by atoms with van der Waals surface area (Å²) in [4.78, 5) is 11.5. The molecule has 0 aliphatic carbocycles. The van der Waals surface area contributed by atoms with Gasteiger partial charge in [0.1, 0.15) is 5.75 Å². The maximum absolute atomic E-state index is 11.5. The number of hydrogen-bond acceptors (Lipinski definition) is 4. The smallest absolute Gasteiger partial charge is 0.311 e. The average molecular weight is 252 g/mol. The number of methoxy groups -OCH3 is 1. The number of carbonyl (C=O) groups is 1. The summed E-state index contributed by atoms with van der Waals surface area (Å²) in [6, 6.07) is 7.06. The highest BCUT2D eigenvalue weighted by Crippen LogP contribution is 2.31. The van der Waals surface area contributed by atoms with Gasteiger partial charge in [0, 0.05) is 0 Å². The second-order valence-electron chi connectivity index (χ2n) is 4.35. The number of ether oxygens (including phenoxy) is 2. The van der Waals surface area contributed by atoms with E-state index >= 15 is 0 Å². The van der Waals surface area contributed by atoms with Crippen LogP contribution in [0.3, 0.4) is 0 Å². The molecule has 0 saturated heterocycles. The minimum Gasteiger partial charge on any atom is -0.494 e. The summed E-state index contributed by atoms with van der Waals surface area (Å²) >= 11 is 0. The van der Waals surface area contributed by atoms with Gasteiger partial charge in [0.25, 0.3) is 0 Å². The monoisotopic (exact) mass is 252 g/mol. The number of carbonyl (C=O) groups excluding carboxylic acids is 1. The van der Waals surface area contributed by atoms with E-state index in [1.165, 1.54) is 7.11 Å². The maximum Gasteiger partial charge on any atom is 0.311 e. The van der Waals surface area contributed by atoms with Gasteiger partial charge in [-0.15, -0.1) is 0 Å². The lowest BCUT2D eigenvalue weighted by molar-refractivity contribution is -0.154.